The van der Waals surface area contributed by atoms with Crippen LogP contribution in [0.2, 0.25) is 0 Å². The zero-order valence-electron chi connectivity index (χ0n) is 13.9. The van der Waals surface area contributed by atoms with Crippen molar-refractivity contribution in [1.29, 1.82) is 0 Å². The zero-order chi connectivity index (χ0) is 14.9. The van der Waals surface area contributed by atoms with E-state index in [2.05, 4.69) is 13.5 Å². The van der Waals surface area contributed by atoms with Crippen LogP contribution in [0.3, 0.4) is 0 Å². The van der Waals surface area contributed by atoms with E-state index in [0.717, 1.165) is 43.5 Å². The topological polar surface area (TPSA) is 18.5 Å². The largest absolute Gasteiger partial charge is 0.381 e. The van der Waals surface area contributed by atoms with Gasteiger partial charge in [-0.3, -0.25) is 0 Å². The van der Waals surface area contributed by atoms with Crippen molar-refractivity contribution in [2.24, 2.45) is 23.7 Å². The predicted octanol–water partition coefficient (Wildman–Crippen LogP) is 4.84. The monoisotopic (exact) mass is 294 g/mol. The molecule has 2 rings (SSSR count). The third-order valence-electron chi connectivity index (χ3n) is 5.60. The molecule has 2 aliphatic carbocycles. The van der Waals surface area contributed by atoms with Crippen LogP contribution in [-0.4, -0.2) is 26.4 Å². The highest BCUT2D eigenvalue weighted by molar-refractivity contribution is 4.82. The molecule has 0 N–H and O–H groups in total. The molecule has 0 saturated heterocycles. The molecule has 0 radical (unpaired) electrons. The van der Waals surface area contributed by atoms with Crippen LogP contribution in [0.1, 0.15) is 58.3 Å². The van der Waals surface area contributed by atoms with Crippen molar-refractivity contribution in [3.8, 4) is 0 Å². The average Bonchev–Trinajstić information content (AvgIpc) is 2.54. The van der Waals surface area contributed by atoms with Crippen LogP contribution in [-0.2, 0) is 9.47 Å². The Morgan fingerprint density at radius 2 is 1.29 bits per heavy atom. The Morgan fingerprint density at radius 1 is 0.810 bits per heavy atom. The predicted molar refractivity (Wildman–Crippen MR) is 88.4 cm³/mol. The van der Waals surface area contributed by atoms with Crippen molar-refractivity contribution in [2.75, 3.05) is 26.4 Å². The van der Waals surface area contributed by atoms with Gasteiger partial charge in [0.05, 0.1) is 6.61 Å². The summed E-state index contributed by atoms with van der Waals surface area (Å²) >= 11 is 0. The molecular weight excluding hydrogens is 260 g/mol. The lowest BCUT2D eigenvalue weighted by Gasteiger charge is -2.37. The summed E-state index contributed by atoms with van der Waals surface area (Å²) in [6, 6.07) is 0. The van der Waals surface area contributed by atoms with Gasteiger partial charge in [0.15, 0.2) is 0 Å². The van der Waals surface area contributed by atoms with Crippen molar-refractivity contribution >= 4 is 0 Å². The molecule has 0 aromatic heterocycles. The highest BCUT2D eigenvalue weighted by Gasteiger charge is 2.30. The van der Waals surface area contributed by atoms with Gasteiger partial charge in [0.25, 0.3) is 0 Å². The van der Waals surface area contributed by atoms with E-state index in [1.54, 1.807) is 0 Å². The van der Waals surface area contributed by atoms with E-state index in [0.29, 0.717) is 6.61 Å². The van der Waals surface area contributed by atoms with Crippen LogP contribution < -0.4 is 0 Å². The lowest BCUT2D eigenvalue weighted by molar-refractivity contribution is 0.0595. The summed E-state index contributed by atoms with van der Waals surface area (Å²) < 4.78 is 11.2. The maximum absolute atomic E-state index is 5.62. The summed E-state index contributed by atoms with van der Waals surface area (Å²) in [5.74, 6) is 3.63. The molecule has 2 fully saturated rings. The summed E-state index contributed by atoms with van der Waals surface area (Å²) in [5.41, 5.74) is 0. The molecule has 2 saturated carbocycles. The lowest BCUT2D eigenvalue weighted by atomic mass is 9.69. The van der Waals surface area contributed by atoms with Gasteiger partial charge in [-0.05, 0) is 82.0 Å². The number of ether oxygens (including phenoxy) is 2. The molecule has 0 aromatic carbocycles. The van der Waals surface area contributed by atoms with Crippen molar-refractivity contribution < 1.29 is 9.47 Å². The van der Waals surface area contributed by atoms with Crippen molar-refractivity contribution in [3.05, 3.63) is 12.7 Å². The molecule has 2 aliphatic rings. The van der Waals surface area contributed by atoms with E-state index in [4.69, 9.17) is 9.47 Å². The maximum atomic E-state index is 5.62. The first kappa shape index (κ1) is 17.0. The maximum Gasteiger partial charge on any atom is 0.0644 e. The van der Waals surface area contributed by atoms with E-state index < -0.39 is 0 Å². The van der Waals surface area contributed by atoms with Gasteiger partial charge < -0.3 is 9.47 Å². The third kappa shape index (κ3) is 5.75. The highest BCUT2D eigenvalue weighted by atomic mass is 16.5. The third-order valence-corrected chi connectivity index (χ3v) is 5.60. The van der Waals surface area contributed by atoms with E-state index in [1.807, 2.05) is 6.08 Å². The van der Waals surface area contributed by atoms with E-state index >= 15 is 0 Å². The van der Waals surface area contributed by atoms with Crippen molar-refractivity contribution in [1.82, 2.24) is 0 Å². The van der Waals surface area contributed by atoms with Crippen LogP contribution in [0.4, 0.5) is 0 Å². The second-order valence-corrected chi connectivity index (χ2v) is 7.05. The molecule has 0 amide bonds. The van der Waals surface area contributed by atoms with Crippen LogP contribution >= 0.6 is 0 Å². The fourth-order valence-corrected chi connectivity index (χ4v) is 4.26. The molecule has 21 heavy (non-hydrogen) atoms. The van der Waals surface area contributed by atoms with Crippen LogP contribution in [0.15, 0.2) is 12.7 Å². The summed E-state index contributed by atoms with van der Waals surface area (Å²) in [4.78, 5) is 0. The smallest absolute Gasteiger partial charge is 0.0644 e. The normalized spacial score (nSPS) is 33.8. The van der Waals surface area contributed by atoms with Gasteiger partial charge >= 0.3 is 0 Å². The second kappa shape index (κ2) is 9.63. The van der Waals surface area contributed by atoms with E-state index in [9.17, 15) is 0 Å². The van der Waals surface area contributed by atoms with Gasteiger partial charge in [-0.1, -0.05) is 6.08 Å². The first-order valence-corrected chi connectivity index (χ1v) is 9.09. The number of hydrogen-bond donors (Lipinski definition) is 0. The standard InChI is InChI=1S/C19H34O2/c1-3-13-21-15-17-7-11-19(12-8-17)18-9-5-16(6-10-18)14-20-4-2/h3,16-19H,1,4-15H2,2H3. The van der Waals surface area contributed by atoms with Gasteiger partial charge in [0.2, 0.25) is 0 Å². The summed E-state index contributed by atoms with van der Waals surface area (Å²) in [7, 11) is 0. The van der Waals surface area contributed by atoms with Crippen LogP contribution in [0, 0.1) is 23.7 Å². The first-order chi connectivity index (χ1) is 10.3. The summed E-state index contributed by atoms with van der Waals surface area (Å²) in [6.45, 7) is 9.33. The Bertz CT molecular complexity index is 273. The Morgan fingerprint density at radius 3 is 1.71 bits per heavy atom. The molecule has 2 heteroatoms. The van der Waals surface area contributed by atoms with Gasteiger partial charge in [-0.2, -0.15) is 0 Å². The molecule has 0 atom stereocenters. The van der Waals surface area contributed by atoms with Gasteiger partial charge in [0.1, 0.15) is 0 Å². The Labute approximate surface area is 131 Å². The molecule has 0 aromatic rings. The van der Waals surface area contributed by atoms with Crippen molar-refractivity contribution in [2.45, 2.75) is 58.3 Å². The zero-order valence-corrected chi connectivity index (χ0v) is 13.9. The summed E-state index contributed by atoms with van der Waals surface area (Å²) in [6.07, 6.45) is 13.2. The minimum atomic E-state index is 0.712. The molecule has 0 bridgehead atoms. The van der Waals surface area contributed by atoms with Gasteiger partial charge in [-0.25, -0.2) is 0 Å². The van der Waals surface area contributed by atoms with Crippen molar-refractivity contribution in [3.63, 3.8) is 0 Å². The van der Waals surface area contributed by atoms with E-state index in [-0.39, 0.29) is 0 Å². The average molecular weight is 294 g/mol. The molecule has 0 aliphatic heterocycles. The Hall–Kier alpha value is -0.340. The molecule has 0 spiro atoms. The van der Waals surface area contributed by atoms with Gasteiger partial charge in [-0.15, -0.1) is 6.58 Å². The van der Waals surface area contributed by atoms with E-state index in [1.165, 1.54) is 51.4 Å². The molecular formula is C19H34O2. The fraction of sp³-hybridized carbons (Fsp3) is 0.895. The second-order valence-electron chi connectivity index (χ2n) is 7.05. The molecule has 0 heterocycles. The first-order valence-electron chi connectivity index (χ1n) is 9.09. The Balaban J connectivity index is 1.61. The minimum absolute atomic E-state index is 0.712. The minimum Gasteiger partial charge on any atom is -0.381 e. The number of hydrogen-bond acceptors (Lipinski definition) is 2. The van der Waals surface area contributed by atoms with Crippen LogP contribution in [0.5, 0.6) is 0 Å². The fourth-order valence-electron chi connectivity index (χ4n) is 4.26. The van der Waals surface area contributed by atoms with Gasteiger partial charge in [0, 0.05) is 19.8 Å². The molecule has 0 unspecified atom stereocenters. The Kier molecular flexibility index (Phi) is 7.81. The van der Waals surface area contributed by atoms with Crippen LogP contribution in [0.25, 0.3) is 0 Å². The highest BCUT2D eigenvalue weighted by Crippen LogP contribution is 2.41. The lowest BCUT2D eigenvalue weighted by Crippen LogP contribution is -2.28. The number of rotatable bonds is 8. The quantitative estimate of drug-likeness (QED) is 0.471. The molecule has 2 nitrogen and oxygen atoms in total. The summed E-state index contributed by atoms with van der Waals surface area (Å²) in [5, 5.41) is 0. The molecule has 122 valence electrons. The SMILES string of the molecule is C=CCOCC1CCC(C2CCC(COCC)CC2)CC1.